The van der Waals surface area contributed by atoms with Crippen LogP contribution in [0, 0.1) is 5.82 Å². The van der Waals surface area contributed by atoms with Gasteiger partial charge in [-0.05, 0) is 42.7 Å². The molecule has 120 valence electrons. The number of halogens is 1. The van der Waals surface area contributed by atoms with Crippen LogP contribution in [-0.4, -0.2) is 31.0 Å². The maximum Gasteiger partial charge on any atom is 0.233 e. The predicted molar refractivity (Wildman–Crippen MR) is 86.9 cm³/mol. The van der Waals surface area contributed by atoms with E-state index in [0.717, 1.165) is 24.2 Å². The second-order valence-corrected chi connectivity index (χ2v) is 5.98. The fourth-order valence-corrected chi connectivity index (χ4v) is 2.80. The zero-order chi connectivity index (χ0) is 16.3. The molecule has 23 heavy (non-hydrogen) atoms. The Bertz CT molecular complexity index is 666. The molecule has 1 aliphatic carbocycles. The lowest BCUT2D eigenvalue weighted by Crippen LogP contribution is -2.38. The summed E-state index contributed by atoms with van der Waals surface area (Å²) in [6.45, 7) is 0.975. The molecular weight excluding hydrogens is 293 g/mol. The summed E-state index contributed by atoms with van der Waals surface area (Å²) in [5, 5.41) is 0. The molecule has 1 fully saturated rings. The molecule has 1 saturated carbocycles. The first kappa shape index (κ1) is 15.5. The summed E-state index contributed by atoms with van der Waals surface area (Å²) in [5.41, 5.74) is 0.439. The molecule has 3 rings (SSSR count). The summed E-state index contributed by atoms with van der Waals surface area (Å²) < 4.78 is 18.7. The van der Waals surface area contributed by atoms with Gasteiger partial charge < -0.3 is 9.64 Å². The molecule has 1 aliphatic rings. The fraction of sp³-hybridized carbons (Fsp3) is 0.316. The Labute approximate surface area is 135 Å². The smallest absolute Gasteiger partial charge is 0.233 e. The maximum absolute atomic E-state index is 13.1. The topological polar surface area (TPSA) is 29.5 Å². The Hall–Kier alpha value is -2.36. The van der Waals surface area contributed by atoms with E-state index in [4.69, 9.17) is 4.74 Å². The van der Waals surface area contributed by atoms with Crippen molar-refractivity contribution in [3.05, 3.63) is 66.0 Å². The number of benzene rings is 2. The number of ether oxygens (including phenoxy) is 1. The molecule has 0 bridgehead atoms. The van der Waals surface area contributed by atoms with Crippen LogP contribution in [0.1, 0.15) is 18.4 Å². The van der Waals surface area contributed by atoms with Crippen molar-refractivity contribution in [2.24, 2.45) is 0 Å². The second kappa shape index (κ2) is 6.41. The van der Waals surface area contributed by atoms with Gasteiger partial charge >= 0.3 is 0 Å². The molecule has 0 heterocycles. The van der Waals surface area contributed by atoms with Crippen molar-refractivity contribution in [1.29, 1.82) is 0 Å². The van der Waals surface area contributed by atoms with Crippen LogP contribution < -0.4 is 4.74 Å². The number of nitrogens with zero attached hydrogens (tertiary/aromatic N) is 1. The van der Waals surface area contributed by atoms with Gasteiger partial charge in [0.2, 0.25) is 5.91 Å². The van der Waals surface area contributed by atoms with Crippen molar-refractivity contribution in [3.8, 4) is 5.75 Å². The van der Waals surface area contributed by atoms with Gasteiger partial charge in [0.15, 0.2) is 0 Å². The van der Waals surface area contributed by atoms with Crippen molar-refractivity contribution in [2.75, 3.05) is 20.2 Å². The number of carbonyl (C=O) groups is 1. The zero-order valence-corrected chi connectivity index (χ0v) is 13.2. The van der Waals surface area contributed by atoms with E-state index in [1.807, 2.05) is 30.3 Å². The first-order chi connectivity index (χ1) is 11.1. The van der Waals surface area contributed by atoms with E-state index in [1.54, 1.807) is 24.1 Å². The fourth-order valence-electron chi connectivity index (χ4n) is 2.80. The molecule has 4 heteroatoms. The van der Waals surface area contributed by atoms with Crippen LogP contribution in [0.25, 0.3) is 0 Å². The molecule has 0 aliphatic heterocycles. The Morgan fingerprint density at radius 1 is 1.13 bits per heavy atom. The summed E-state index contributed by atoms with van der Waals surface area (Å²) in [4.78, 5) is 14.4. The summed E-state index contributed by atoms with van der Waals surface area (Å²) >= 11 is 0. The van der Waals surface area contributed by atoms with E-state index < -0.39 is 5.41 Å². The maximum atomic E-state index is 13.1. The van der Waals surface area contributed by atoms with E-state index in [1.165, 1.54) is 12.1 Å². The van der Waals surface area contributed by atoms with Crippen molar-refractivity contribution in [2.45, 2.75) is 18.3 Å². The van der Waals surface area contributed by atoms with Crippen LogP contribution in [0.4, 0.5) is 4.39 Å². The van der Waals surface area contributed by atoms with Gasteiger partial charge in [-0.2, -0.15) is 0 Å². The molecule has 0 unspecified atom stereocenters. The number of carbonyl (C=O) groups excluding carboxylic acids is 1. The Morgan fingerprint density at radius 3 is 2.39 bits per heavy atom. The molecule has 0 aromatic heterocycles. The van der Waals surface area contributed by atoms with Crippen molar-refractivity contribution < 1.29 is 13.9 Å². The quantitative estimate of drug-likeness (QED) is 0.818. The Kier molecular flexibility index (Phi) is 4.33. The molecule has 0 atom stereocenters. The average molecular weight is 313 g/mol. The van der Waals surface area contributed by atoms with Gasteiger partial charge in [-0.15, -0.1) is 0 Å². The largest absolute Gasteiger partial charge is 0.492 e. The van der Waals surface area contributed by atoms with E-state index in [-0.39, 0.29) is 11.7 Å². The number of amides is 1. The van der Waals surface area contributed by atoms with Crippen LogP contribution in [0.3, 0.4) is 0 Å². The first-order valence-electron chi connectivity index (χ1n) is 7.81. The first-order valence-corrected chi connectivity index (χ1v) is 7.81. The third kappa shape index (κ3) is 3.36. The van der Waals surface area contributed by atoms with Gasteiger partial charge in [0, 0.05) is 7.05 Å². The van der Waals surface area contributed by atoms with Gasteiger partial charge in [-0.3, -0.25) is 4.79 Å². The molecule has 0 saturated heterocycles. The minimum atomic E-state index is -0.463. The number of likely N-dealkylation sites (N-methyl/N-ethyl adjacent to an activating group) is 1. The zero-order valence-electron chi connectivity index (χ0n) is 13.2. The van der Waals surface area contributed by atoms with E-state index in [9.17, 15) is 9.18 Å². The molecule has 3 nitrogen and oxygen atoms in total. The lowest BCUT2D eigenvalue weighted by molar-refractivity contribution is -0.133. The van der Waals surface area contributed by atoms with Crippen LogP contribution in [0.2, 0.25) is 0 Å². The number of hydrogen-bond acceptors (Lipinski definition) is 2. The van der Waals surface area contributed by atoms with Gasteiger partial charge in [0.1, 0.15) is 18.2 Å². The lowest BCUT2D eigenvalue weighted by atomic mass is 9.94. The van der Waals surface area contributed by atoms with Crippen LogP contribution in [0.5, 0.6) is 5.75 Å². The highest BCUT2D eigenvalue weighted by Gasteiger charge is 2.52. The van der Waals surface area contributed by atoms with Crippen molar-refractivity contribution >= 4 is 5.91 Å². The SMILES string of the molecule is CN(CCOc1ccccc1)C(=O)C1(c2ccc(F)cc2)CC1. The molecule has 2 aromatic rings. The normalized spacial score (nSPS) is 15.0. The lowest BCUT2D eigenvalue weighted by Gasteiger charge is -2.24. The van der Waals surface area contributed by atoms with Crippen molar-refractivity contribution in [3.63, 3.8) is 0 Å². The predicted octanol–water partition coefficient (Wildman–Crippen LogP) is 3.39. The van der Waals surface area contributed by atoms with E-state index >= 15 is 0 Å². The van der Waals surface area contributed by atoms with E-state index in [2.05, 4.69) is 0 Å². The number of para-hydroxylation sites is 1. The second-order valence-electron chi connectivity index (χ2n) is 5.98. The van der Waals surface area contributed by atoms with E-state index in [0.29, 0.717) is 13.2 Å². The molecular formula is C19H20FNO2. The minimum absolute atomic E-state index is 0.0840. The van der Waals surface area contributed by atoms with Gasteiger partial charge in [-0.25, -0.2) is 4.39 Å². The Balaban J connectivity index is 1.58. The molecule has 0 radical (unpaired) electrons. The highest BCUT2D eigenvalue weighted by atomic mass is 19.1. The van der Waals surface area contributed by atoms with Gasteiger partial charge in [0.25, 0.3) is 0 Å². The highest BCUT2D eigenvalue weighted by Crippen LogP contribution is 2.49. The van der Waals surface area contributed by atoms with Gasteiger partial charge in [-0.1, -0.05) is 30.3 Å². The third-order valence-corrected chi connectivity index (χ3v) is 4.34. The molecule has 0 spiro atoms. The Morgan fingerprint density at radius 2 is 1.78 bits per heavy atom. The minimum Gasteiger partial charge on any atom is -0.492 e. The van der Waals surface area contributed by atoms with Crippen LogP contribution in [-0.2, 0) is 10.2 Å². The summed E-state index contributed by atoms with van der Waals surface area (Å²) in [7, 11) is 1.79. The molecule has 2 aromatic carbocycles. The van der Waals surface area contributed by atoms with Crippen LogP contribution in [0.15, 0.2) is 54.6 Å². The number of hydrogen-bond donors (Lipinski definition) is 0. The molecule has 0 N–H and O–H groups in total. The molecule has 1 amide bonds. The standard InChI is InChI=1S/C19H20FNO2/c1-21(13-14-23-17-5-3-2-4-6-17)18(22)19(11-12-19)15-7-9-16(20)10-8-15/h2-10H,11-14H2,1H3. The summed E-state index contributed by atoms with van der Waals surface area (Å²) in [6, 6.07) is 15.8. The number of rotatable bonds is 6. The monoisotopic (exact) mass is 313 g/mol. The highest BCUT2D eigenvalue weighted by molar-refractivity contribution is 5.91. The van der Waals surface area contributed by atoms with Crippen molar-refractivity contribution in [1.82, 2.24) is 4.90 Å². The average Bonchev–Trinajstić information content (AvgIpc) is 3.37. The third-order valence-electron chi connectivity index (χ3n) is 4.34. The summed E-state index contributed by atoms with van der Waals surface area (Å²) in [5.74, 6) is 0.607. The van der Waals surface area contributed by atoms with Gasteiger partial charge in [0.05, 0.1) is 12.0 Å². The van der Waals surface area contributed by atoms with Crippen LogP contribution >= 0.6 is 0 Å². The summed E-state index contributed by atoms with van der Waals surface area (Å²) in [6.07, 6.45) is 1.64.